The third-order valence-corrected chi connectivity index (χ3v) is 4.94. The minimum Gasteiger partial charge on any atom is -0.744 e. The number of hydrogen-bond acceptors (Lipinski definition) is 4. The molecule has 6 heteroatoms. The van der Waals surface area contributed by atoms with Gasteiger partial charge in [-0.2, -0.15) is 0 Å². The molecule has 0 N–H and O–H groups in total. The molecule has 0 amide bonds. The monoisotopic (exact) mass is 384 g/mol. The molecule has 0 aliphatic carbocycles. The molecule has 0 bridgehead atoms. The summed E-state index contributed by atoms with van der Waals surface area (Å²) in [5.41, 5.74) is 0.980. The van der Waals surface area contributed by atoms with Crippen molar-refractivity contribution in [2.75, 3.05) is 0 Å². The first-order valence-corrected chi connectivity index (χ1v) is 10.2. The van der Waals surface area contributed by atoms with Crippen LogP contribution in [0.2, 0.25) is 0 Å². The Hall–Kier alpha value is -0.850. The second-order valence-corrected chi connectivity index (χ2v) is 7.52. The van der Waals surface area contributed by atoms with Crippen molar-refractivity contribution in [2.45, 2.75) is 56.8 Å². The van der Waals surface area contributed by atoms with Gasteiger partial charge in [0.05, 0.1) is 4.90 Å². The minimum atomic E-state index is -4.58. The van der Waals surface area contributed by atoms with Crippen LogP contribution in [0.15, 0.2) is 53.4 Å². The molecule has 0 spiro atoms. The first kappa shape index (κ1) is 23.2. The van der Waals surface area contributed by atoms with Gasteiger partial charge in [-0.1, -0.05) is 63.3 Å². The van der Waals surface area contributed by atoms with Gasteiger partial charge < -0.3 is 9.29 Å². The average Bonchev–Trinajstić information content (AvgIpc) is 2.58. The van der Waals surface area contributed by atoms with Gasteiger partial charge in [0.2, 0.25) is 0 Å². The molecule has 0 aliphatic heterocycles. The number of hydrogen-bond donors (Lipinski definition) is 0. The summed E-state index contributed by atoms with van der Waals surface area (Å²) in [5, 5.41) is 0. The standard InChI is InChI=1S/C20H26O4S.Na/c1-2-3-4-5-6-8-11-17-14-15-20(25(21,22)23)19(16-17)24-18-12-9-7-10-13-18;/h7,9-10,12-16H,2-6,8,11H2,1H3,(H,21,22,23);/q;+1/p-1. The van der Waals surface area contributed by atoms with Crippen molar-refractivity contribution in [1.82, 2.24) is 0 Å². The van der Waals surface area contributed by atoms with Crippen LogP contribution in [0.1, 0.15) is 51.0 Å². The van der Waals surface area contributed by atoms with Gasteiger partial charge >= 0.3 is 29.6 Å². The first-order valence-electron chi connectivity index (χ1n) is 8.82. The zero-order valence-corrected chi connectivity index (χ0v) is 18.4. The van der Waals surface area contributed by atoms with Crippen LogP contribution in [0.5, 0.6) is 11.5 Å². The third-order valence-electron chi connectivity index (χ3n) is 4.07. The van der Waals surface area contributed by atoms with E-state index in [-0.39, 0.29) is 40.2 Å². The Morgan fingerprint density at radius 1 is 0.923 bits per heavy atom. The molecule has 2 aromatic carbocycles. The van der Waals surface area contributed by atoms with E-state index in [1.54, 1.807) is 36.4 Å². The first-order chi connectivity index (χ1) is 12.0. The topological polar surface area (TPSA) is 66.4 Å². The van der Waals surface area contributed by atoms with Gasteiger partial charge in [-0.15, -0.1) is 0 Å². The maximum absolute atomic E-state index is 11.5. The molecule has 0 aliphatic rings. The van der Waals surface area contributed by atoms with Crippen molar-refractivity contribution < 1.29 is 47.3 Å². The zero-order valence-electron chi connectivity index (χ0n) is 15.6. The number of ether oxygens (including phenoxy) is 1. The average molecular weight is 384 g/mol. The summed E-state index contributed by atoms with van der Waals surface area (Å²) in [7, 11) is -4.58. The largest absolute Gasteiger partial charge is 1.00 e. The molecule has 0 unspecified atom stereocenters. The van der Waals surface area contributed by atoms with E-state index in [2.05, 4.69) is 6.92 Å². The quantitative estimate of drug-likeness (QED) is 0.358. The molecule has 26 heavy (non-hydrogen) atoms. The maximum Gasteiger partial charge on any atom is 1.00 e. The van der Waals surface area contributed by atoms with Crippen LogP contribution in [-0.2, 0) is 16.5 Å². The fourth-order valence-electron chi connectivity index (χ4n) is 2.72. The second-order valence-electron chi connectivity index (χ2n) is 6.17. The smallest absolute Gasteiger partial charge is 0.744 e. The van der Waals surface area contributed by atoms with Crippen LogP contribution in [-0.4, -0.2) is 13.0 Å². The Morgan fingerprint density at radius 3 is 2.23 bits per heavy atom. The maximum atomic E-state index is 11.5. The van der Waals surface area contributed by atoms with Gasteiger partial charge in [-0.05, 0) is 42.7 Å². The zero-order chi connectivity index (χ0) is 18.1. The van der Waals surface area contributed by atoms with E-state index in [0.29, 0.717) is 5.75 Å². The molecule has 0 heterocycles. The van der Waals surface area contributed by atoms with Crippen molar-refractivity contribution in [3.63, 3.8) is 0 Å². The Bertz CT molecular complexity index is 761. The Labute approximate surface area is 179 Å². The molecule has 0 aromatic heterocycles. The molecular weight excluding hydrogens is 359 g/mol. The van der Waals surface area contributed by atoms with Gasteiger partial charge in [-0.3, -0.25) is 0 Å². The molecule has 2 rings (SSSR count). The van der Waals surface area contributed by atoms with E-state index >= 15 is 0 Å². The van der Waals surface area contributed by atoms with Gasteiger partial charge in [0, 0.05) is 0 Å². The summed E-state index contributed by atoms with van der Waals surface area (Å²) in [5.74, 6) is 0.605. The van der Waals surface area contributed by atoms with Gasteiger partial charge in [0.25, 0.3) is 0 Å². The van der Waals surface area contributed by atoms with Crippen LogP contribution in [0, 0.1) is 0 Å². The normalized spacial score (nSPS) is 11.0. The Kier molecular flexibility index (Phi) is 10.5. The van der Waals surface area contributed by atoms with Crippen LogP contribution in [0.3, 0.4) is 0 Å². The molecule has 0 fully saturated rings. The second kappa shape index (κ2) is 11.8. The van der Waals surface area contributed by atoms with E-state index in [1.165, 1.54) is 31.7 Å². The Balaban J connectivity index is 0.00000338. The summed E-state index contributed by atoms with van der Waals surface area (Å²) >= 11 is 0. The summed E-state index contributed by atoms with van der Waals surface area (Å²) in [4.78, 5) is -0.317. The van der Waals surface area contributed by atoms with E-state index in [9.17, 15) is 13.0 Å². The van der Waals surface area contributed by atoms with Crippen LogP contribution >= 0.6 is 0 Å². The SMILES string of the molecule is CCCCCCCCc1ccc(S(=O)(=O)[O-])c(Oc2ccccc2)c1.[Na+]. The fourth-order valence-corrected chi connectivity index (χ4v) is 3.30. The molecule has 0 radical (unpaired) electrons. The van der Waals surface area contributed by atoms with Crippen molar-refractivity contribution in [3.8, 4) is 11.5 Å². The molecule has 136 valence electrons. The van der Waals surface area contributed by atoms with E-state index in [1.807, 2.05) is 6.07 Å². The number of benzene rings is 2. The summed E-state index contributed by atoms with van der Waals surface area (Å²) in [6.45, 7) is 2.19. The predicted octanol–water partition coefficient (Wildman–Crippen LogP) is 2.29. The van der Waals surface area contributed by atoms with Crippen molar-refractivity contribution in [2.24, 2.45) is 0 Å². The third kappa shape index (κ3) is 7.80. The van der Waals surface area contributed by atoms with Crippen molar-refractivity contribution in [1.29, 1.82) is 0 Å². The number of para-hydroxylation sites is 1. The number of aryl methyl sites for hydroxylation is 1. The molecule has 0 atom stereocenters. The van der Waals surface area contributed by atoms with Gasteiger partial charge in [0.15, 0.2) is 0 Å². The van der Waals surface area contributed by atoms with Gasteiger partial charge in [0.1, 0.15) is 21.6 Å². The van der Waals surface area contributed by atoms with E-state index in [0.717, 1.165) is 24.8 Å². The summed E-state index contributed by atoms with van der Waals surface area (Å²) in [6.07, 6.45) is 8.00. The van der Waals surface area contributed by atoms with E-state index < -0.39 is 10.1 Å². The summed E-state index contributed by atoms with van der Waals surface area (Å²) in [6, 6.07) is 13.6. The van der Waals surface area contributed by atoms with Crippen LogP contribution in [0.4, 0.5) is 0 Å². The molecule has 4 nitrogen and oxygen atoms in total. The molecule has 0 saturated carbocycles. The summed E-state index contributed by atoms with van der Waals surface area (Å²) < 4.78 is 40.1. The van der Waals surface area contributed by atoms with E-state index in [4.69, 9.17) is 4.74 Å². The van der Waals surface area contributed by atoms with Crippen LogP contribution in [0.25, 0.3) is 0 Å². The molecule has 2 aromatic rings. The minimum absolute atomic E-state index is 0. The predicted molar refractivity (Wildman–Crippen MR) is 98.0 cm³/mol. The van der Waals surface area contributed by atoms with Crippen molar-refractivity contribution >= 4 is 10.1 Å². The van der Waals surface area contributed by atoms with Crippen LogP contribution < -0.4 is 34.3 Å². The van der Waals surface area contributed by atoms with Crippen molar-refractivity contribution in [3.05, 3.63) is 54.1 Å². The Morgan fingerprint density at radius 2 is 1.58 bits per heavy atom. The number of unbranched alkanes of at least 4 members (excludes halogenated alkanes) is 5. The number of rotatable bonds is 10. The fraction of sp³-hybridized carbons (Fsp3) is 0.400. The molecular formula is C20H25NaO4S. The van der Waals surface area contributed by atoms with Gasteiger partial charge in [-0.25, -0.2) is 8.42 Å². The molecule has 0 saturated heterocycles.